The molecule has 0 spiro atoms. The second-order valence-corrected chi connectivity index (χ2v) is 10.3. The number of carbonyl (C=O) groups excluding carboxylic acids is 1. The minimum Gasteiger partial charge on any atom is -0.494 e. The summed E-state index contributed by atoms with van der Waals surface area (Å²) in [6, 6.07) is 8.00. The van der Waals surface area contributed by atoms with E-state index in [-0.39, 0.29) is 5.91 Å². The zero-order valence-electron chi connectivity index (χ0n) is 21.3. The van der Waals surface area contributed by atoms with E-state index in [1.165, 1.54) is 19.3 Å². The molecule has 2 aromatic rings. The minimum atomic E-state index is 0.171. The smallest absolute Gasteiger partial charge is 0.227 e. The van der Waals surface area contributed by atoms with Crippen LogP contribution in [0.5, 0.6) is 5.75 Å². The largest absolute Gasteiger partial charge is 0.494 e. The van der Waals surface area contributed by atoms with Crippen LogP contribution in [0.15, 0.2) is 36.7 Å². The Hall–Kier alpha value is -2.71. The number of rotatable bonds is 10. The molecule has 2 saturated heterocycles. The Morgan fingerprint density at radius 1 is 1.03 bits per heavy atom. The molecule has 0 N–H and O–H groups in total. The number of nitrogens with zero attached hydrogens (tertiary/aromatic N) is 4. The standard InChI is InChI=1S/C28H38N4O4/c1-34-20-22-18-29-28(30-19-22)32-9-6-23(7-10-32)26-17-24(26)8-13-36-25-4-2-21(3-5-25)16-27(33)31-11-14-35-15-12-31/h2-5,18-19,23-24,26H,6-17,20H2,1H3/t24-,26-/m0/s1. The summed E-state index contributed by atoms with van der Waals surface area (Å²) in [5, 5.41) is 0. The van der Waals surface area contributed by atoms with Crippen molar-refractivity contribution >= 4 is 11.9 Å². The molecule has 3 fully saturated rings. The summed E-state index contributed by atoms with van der Waals surface area (Å²) < 4.78 is 16.5. The number of amides is 1. The number of anilines is 1. The summed E-state index contributed by atoms with van der Waals surface area (Å²) in [6.07, 6.45) is 9.06. The molecule has 8 heteroatoms. The van der Waals surface area contributed by atoms with Gasteiger partial charge in [-0.3, -0.25) is 4.79 Å². The third-order valence-electron chi connectivity index (χ3n) is 7.81. The van der Waals surface area contributed by atoms with Crippen molar-refractivity contribution in [3.8, 4) is 5.75 Å². The van der Waals surface area contributed by atoms with Crippen LogP contribution in [0.25, 0.3) is 0 Å². The average molecular weight is 495 g/mol. The number of piperidine rings is 1. The number of aromatic nitrogens is 2. The van der Waals surface area contributed by atoms with Gasteiger partial charge in [0.05, 0.1) is 32.8 Å². The number of ether oxygens (including phenoxy) is 3. The first-order valence-electron chi connectivity index (χ1n) is 13.3. The van der Waals surface area contributed by atoms with E-state index in [0.717, 1.165) is 66.7 Å². The monoisotopic (exact) mass is 494 g/mol. The van der Waals surface area contributed by atoms with Gasteiger partial charge >= 0.3 is 0 Å². The Balaban J connectivity index is 0.984. The number of hydrogen-bond donors (Lipinski definition) is 0. The summed E-state index contributed by atoms with van der Waals surface area (Å²) >= 11 is 0. The van der Waals surface area contributed by atoms with Crippen LogP contribution in [0.2, 0.25) is 0 Å². The lowest BCUT2D eigenvalue weighted by Crippen LogP contribution is -2.41. The van der Waals surface area contributed by atoms with Crippen LogP contribution in [0.1, 0.15) is 36.8 Å². The second kappa shape index (κ2) is 12.0. The first-order valence-corrected chi connectivity index (χ1v) is 13.3. The van der Waals surface area contributed by atoms with Gasteiger partial charge in [0.15, 0.2) is 0 Å². The quantitative estimate of drug-likeness (QED) is 0.501. The zero-order chi connectivity index (χ0) is 24.7. The molecule has 2 aliphatic heterocycles. The molecule has 1 aliphatic carbocycles. The summed E-state index contributed by atoms with van der Waals surface area (Å²) in [6.45, 7) is 6.04. The maximum atomic E-state index is 12.4. The van der Waals surface area contributed by atoms with Crippen molar-refractivity contribution in [2.45, 2.75) is 38.7 Å². The molecule has 3 aliphatic rings. The summed E-state index contributed by atoms with van der Waals surface area (Å²) in [7, 11) is 1.69. The molecular formula is C28H38N4O4. The van der Waals surface area contributed by atoms with E-state index in [4.69, 9.17) is 14.2 Å². The maximum Gasteiger partial charge on any atom is 0.227 e. The SMILES string of the molecule is COCc1cnc(N2CCC([C@@H]3C[C@@H]3CCOc3ccc(CC(=O)N4CCOCC4)cc3)CC2)nc1. The molecule has 5 rings (SSSR count). The highest BCUT2D eigenvalue weighted by Gasteiger charge is 2.43. The normalized spacial score (nSPS) is 22.5. The number of benzene rings is 1. The van der Waals surface area contributed by atoms with E-state index in [9.17, 15) is 4.79 Å². The summed E-state index contributed by atoms with van der Waals surface area (Å²) in [4.78, 5) is 25.7. The average Bonchev–Trinajstić information content (AvgIpc) is 3.70. The molecular weight excluding hydrogens is 456 g/mol. The lowest BCUT2D eigenvalue weighted by molar-refractivity contribution is -0.134. The lowest BCUT2D eigenvalue weighted by Gasteiger charge is -2.32. The third kappa shape index (κ3) is 6.53. The van der Waals surface area contributed by atoms with E-state index in [1.54, 1.807) is 7.11 Å². The van der Waals surface area contributed by atoms with Crippen molar-refractivity contribution in [1.29, 1.82) is 0 Å². The van der Waals surface area contributed by atoms with Crippen molar-refractivity contribution in [2.75, 3.05) is 58.0 Å². The minimum absolute atomic E-state index is 0.171. The topological polar surface area (TPSA) is 77.0 Å². The third-order valence-corrected chi connectivity index (χ3v) is 7.81. The zero-order valence-corrected chi connectivity index (χ0v) is 21.3. The van der Waals surface area contributed by atoms with Gasteiger partial charge in [0.25, 0.3) is 0 Å². The predicted molar refractivity (Wildman–Crippen MR) is 137 cm³/mol. The van der Waals surface area contributed by atoms with Crippen molar-refractivity contribution in [3.05, 3.63) is 47.8 Å². The van der Waals surface area contributed by atoms with Crippen LogP contribution in [0.4, 0.5) is 5.95 Å². The van der Waals surface area contributed by atoms with Crippen molar-refractivity contribution in [3.63, 3.8) is 0 Å². The Morgan fingerprint density at radius 3 is 2.44 bits per heavy atom. The van der Waals surface area contributed by atoms with Crippen LogP contribution < -0.4 is 9.64 Å². The highest BCUT2D eigenvalue weighted by Crippen LogP contribution is 2.49. The molecule has 2 atom stereocenters. The van der Waals surface area contributed by atoms with Gasteiger partial charge in [0.1, 0.15) is 5.75 Å². The molecule has 1 saturated carbocycles. The van der Waals surface area contributed by atoms with E-state index in [0.29, 0.717) is 39.3 Å². The van der Waals surface area contributed by atoms with Crippen molar-refractivity contribution in [1.82, 2.24) is 14.9 Å². The van der Waals surface area contributed by atoms with Gasteiger partial charge in [-0.25, -0.2) is 9.97 Å². The van der Waals surface area contributed by atoms with E-state index in [1.807, 2.05) is 41.6 Å². The summed E-state index contributed by atoms with van der Waals surface area (Å²) in [5.41, 5.74) is 2.04. The Kier molecular flexibility index (Phi) is 8.33. The first-order chi connectivity index (χ1) is 17.7. The molecule has 194 valence electrons. The molecule has 1 aromatic heterocycles. The first kappa shape index (κ1) is 25.0. The number of hydrogen-bond acceptors (Lipinski definition) is 7. The van der Waals surface area contributed by atoms with Gasteiger partial charge in [-0.15, -0.1) is 0 Å². The van der Waals surface area contributed by atoms with Gasteiger partial charge in [-0.05, 0) is 61.1 Å². The van der Waals surface area contributed by atoms with Crippen LogP contribution in [0, 0.1) is 17.8 Å². The fraction of sp³-hybridized carbons (Fsp3) is 0.607. The Bertz CT molecular complexity index is 970. The fourth-order valence-corrected chi connectivity index (χ4v) is 5.59. The molecule has 36 heavy (non-hydrogen) atoms. The molecule has 1 amide bonds. The van der Waals surface area contributed by atoms with Gasteiger partial charge in [0, 0.05) is 51.2 Å². The van der Waals surface area contributed by atoms with Crippen molar-refractivity contribution < 1.29 is 19.0 Å². The summed E-state index contributed by atoms with van der Waals surface area (Å²) in [5.74, 6) is 4.34. The number of morpholine rings is 1. The van der Waals surface area contributed by atoms with Gasteiger partial charge in [0.2, 0.25) is 11.9 Å². The second-order valence-electron chi connectivity index (χ2n) is 10.3. The highest BCUT2D eigenvalue weighted by atomic mass is 16.5. The number of methoxy groups -OCH3 is 1. The van der Waals surface area contributed by atoms with Crippen LogP contribution >= 0.6 is 0 Å². The molecule has 0 unspecified atom stereocenters. The molecule has 0 bridgehead atoms. The molecule has 0 radical (unpaired) electrons. The number of carbonyl (C=O) groups is 1. The van der Waals surface area contributed by atoms with Gasteiger partial charge in [-0.1, -0.05) is 12.1 Å². The van der Waals surface area contributed by atoms with Crippen LogP contribution in [0.3, 0.4) is 0 Å². The molecule has 3 heterocycles. The van der Waals surface area contributed by atoms with Crippen LogP contribution in [-0.4, -0.2) is 73.9 Å². The van der Waals surface area contributed by atoms with E-state index >= 15 is 0 Å². The van der Waals surface area contributed by atoms with Gasteiger partial charge in [-0.2, -0.15) is 0 Å². The maximum absolute atomic E-state index is 12.4. The van der Waals surface area contributed by atoms with Gasteiger partial charge < -0.3 is 24.0 Å². The Labute approximate surface area is 214 Å². The van der Waals surface area contributed by atoms with Crippen LogP contribution in [-0.2, 0) is 27.3 Å². The highest BCUT2D eigenvalue weighted by molar-refractivity contribution is 5.78. The molecule has 8 nitrogen and oxygen atoms in total. The lowest BCUT2D eigenvalue weighted by atomic mass is 9.90. The van der Waals surface area contributed by atoms with E-state index in [2.05, 4.69) is 14.9 Å². The Morgan fingerprint density at radius 2 is 1.75 bits per heavy atom. The predicted octanol–water partition coefficient (Wildman–Crippen LogP) is 3.35. The van der Waals surface area contributed by atoms with Crippen molar-refractivity contribution in [2.24, 2.45) is 17.8 Å². The molecule has 1 aromatic carbocycles. The fourth-order valence-electron chi connectivity index (χ4n) is 5.59. The van der Waals surface area contributed by atoms with E-state index < -0.39 is 0 Å².